The van der Waals surface area contributed by atoms with Crippen molar-refractivity contribution in [2.45, 2.75) is 32.2 Å². The van der Waals surface area contributed by atoms with E-state index in [1.54, 1.807) is 0 Å². The number of rotatable bonds is 5. The van der Waals surface area contributed by atoms with Crippen LogP contribution in [-0.2, 0) is 16.0 Å². The smallest absolute Gasteiger partial charge is 0.157 e. The molecule has 1 unspecified atom stereocenters. The first-order valence-electron chi connectivity index (χ1n) is 7.27. The van der Waals surface area contributed by atoms with E-state index in [-0.39, 0.29) is 12.2 Å². The molecule has 0 spiro atoms. The van der Waals surface area contributed by atoms with Crippen LogP contribution < -0.4 is 0 Å². The highest BCUT2D eigenvalue weighted by Gasteiger charge is 2.37. The maximum absolute atomic E-state index is 13.2. The van der Waals surface area contributed by atoms with Crippen LogP contribution in [0.1, 0.15) is 25.8 Å². The molecule has 2 rings (SSSR count). The predicted molar refractivity (Wildman–Crippen MR) is 76.2 cm³/mol. The number of Topliss-reactive ketones (excluding diaryl/α,β-unsaturated/α-hetero) is 1. The maximum atomic E-state index is 13.2. The Bertz CT molecular complexity index is 495. The second kappa shape index (κ2) is 6.62. The molecule has 21 heavy (non-hydrogen) atoms. The molecule has 1 atom stereocenters. The Morgan fingerprint density at radius 2 is 1.81 bits per heavy atom. The summed E-state index contributed by atoms with van der Waals surface area (Å²) >= 11 is 0. The van der Waals surface area contributed by atoms with Crippen molar-refractivity contribution >= 4 is 5.78 Å². The summed E-state index contributed by atoms with van der Waals surface area (Å²) in [6, 6.07) is 3.25. The molecule has 0 amide bonds. The highest BCUT2D eigenvalue weighted by atomic mass is 19.1. The van der Waals surface area contributed by atoms with E-state index in [1.807, 2.05) is 13.8 Å². The molecule has 5 heteroatoms. The average Bonchev–Trinajstić information content (AvgIpc) is 2.46. The summed E-state index contributed by atoms with van der Waals surface area (Å²) in [4.78, 5) is 14.8. The molecule has 0 bridgehead atoms. The molecule has 1 aliphatic heterocycles. The van der Waals surface area contributed by atoms with Crippen molar-refractivity contribution in [2.24, 2.45) is 0 Å². The first-order chi connectivity index (χ1) is 9.95. The first-order valence-corrected chi connectivity index (χ1v) is 7.27. The fourth-order valence-electron chi connectivity index (χ4n) is 2.74. The summed E-state index contributed by atoms with van der Waals surface area (Å²) in [5, 5.41) is 0. The van der Waals surface area contributed by atoms with Gasteiger partial charge in [-0.15, -0.1) is 0 Å². The van der Waals surface area contributed by atoms with Gasteiger partial charge in [0.15, 0.2) is 5.78 Å². The molecule has 3 nitrogen and oxygen atoms in total. The zero-order chi connectivity index (χ0) is 15.5. The Morgan fingerprint density at radius 1 is 1.24 bits per heavy atom. The molecule has 0 saturated carbocycles. The average molecular weight is 297 g/mol. The minimum absolute atomic E-state index is 0.0168. The van der Waals surface area contributed by atoms with Crippen LogP contribution in [0.25, 0.3) is 0 Å². The van der Waals surface area contributed by atoms with Gasteiger partial charge in [0, 0.05) is 25.6 Å². The van der Waals surface area contributed by atoms with Crippen molar-refractivity contribution in [1.29, 1.82) is 0 Å². The molecule has 1 aromatic carbocycles. The fraction of sp³-hybridized carbons (Fsp3) is 0.562. The van der Waals surface area contributed by atoms with Gasteiger partial charge in [-0.25, -0.2) is 8.78 Å². The van der Waals surface area contributed by atoms with Gasteiger partial charge in [-0.1, -0.05) is 6.92 Å². The summed E-state index contributed by atoms with van der Waals surface area (Å²) in [7, 11) is 0. The molecule has 0 radical (unpaired) electrons. The predicted octanol–water partition coefficient (Wildman–Crippen LogP) is 2.58. The van der Waals surface area contributed by atoms with Crippen molar-refractivity contribution in [3.8, 4) is 0 Å². The normalized spacial score (nSPS) is 19.2. The number of carbonyl (C=O) groups is 1. The lowest BCUT2D eigenvalue weighted by molar-refractivity contribution is -0.133. The number of hydrogen-bond donors (Lipinski definition) is 0. The molecule has 0 N–H and O–H groups in total. The molecule has 1 saturated heterocycles. The zero-order valence-electron chi connectivity index (χ0n) is 12.5. The van der Waals surface area contributed by atoms with Crippen molar-refractivity contribution < 1.29 is 18.3 Å². The Morgan fingerprint density at radius 3 is 2.33 bits per heavy atom. The standard InChI is InChI=1S/C16H21F2NO2/c1-3-16(2,19-4-6-21-7-5-19)15(20)10-12-8-13(17)11-14(18)9-12/h8-9,11H,3-7,10H2,1-2H3. The molecule has 1 aliphatic rings. The number of ketones is 1. The van der Waals surface area contributed by atoms with Crippen LogP contribution in [0, 0.1) is 11.6 Å². The summed E-state index contributed by atoms with van der Waals surface area (Å²) in [5.41, 5.74) is -0.238. The van der Waals surface area contributed by atoms with E-state index in [4.69, 9.17) is 4.74 Å². The summed E-state index contributed by atoms with van der Waals surface area (Å²) in [6.45, 7) is 6.48. The summed E-state index contributed by atoms with van der Waals surface area (Å²) in [5.74, 6) is -1.32. The van der Waals surface area contributed by atoms with E-state index < -0.39 is 17.2 Å². The number of ether oxygens (including phenoxy) is 1. The van der Waals surface area contributed by atoms with E-state index in [1.165, 1.54) is 12.1 Å². The molecule has 1 aromatic rings. The lowest BCUT2D eigenvalue weighted by Crippen LogP contribution is -2.56. The van der Waals surface area contributed by atoms with E-state index in [9.17, 15) is 13.6 Å². The topological polar surface area (TPSA) is 29.5 Å². The lowest BCUT2D eigenvalue weighted by atomic mass is 9.87. The van der Waals surface area contributed by atoms with Gasteiger partial charge in [-0.05, 0) is 31.0 Å². The summed E-state index contributed by atoms with van der Waals surface area (Å²) in [6.07, 6.45) is 0.694. The van der Waals surface area contributed by atoms with Gasteiger partial charge in [0.25, 0.3) is 0 Å². The number of morpholine rings is 1. The zero-order valence-corrected chi connectivity index (χ0v) is 12.5. The Hall–Kier alpha value is -1.33. The Kier molecular flexibility index (Phi) is 5.06. The highest BCUT2D eigenvalue weighted by molar-refractivity contribution is 5.89. The van der Waals surface area contributed by atoms with Crippen LogP contribution in [0.2, 0.25) is 0 Å². The number of hydrogen-bond acceptors (Lipinski definition) is 3. The minimum Gasteiger partial charge on any atom is -0.379 e. The van der Waals surface area contributed by atoms with Gasteiger partial charge in [-0.3, -0.25) is 9.69 Å². The van der Waals surface area contributed by atoms with E-state index >= 15 is 0 Å². The van der Waals surface area contributed by atoms with E-state index in [0.29, 0.717) is 38.3 Å². The molecule has 116 valence electrons. The van der Waals surface area contributed by atoms with E-state index in [2.05, 4.69) is 4.90 Å². The lowest BCUT2D eigenvalue weighted by Gasteiger charge is -2.41. The third-order valence-electron chi connectivity index (χ3n) is 4.29. The van der Waals surface area contributed by atoms with Gasteiger partial charge in [0.1, 0.15) is 11.6 Å². The largest absolute Gasteiger partial charge is 0.379 e. The molecular weight excluding hydrogens is 276 g/mol. The van der Waals surface area contributed by atoms with Crippen molar-refractivity contribution in [3.63, 3.8) is 0 Å². The number of halogens is 2. The van der Waals surface area contributed by atoms with Crippen LogP contribution >= 0.6 is 0 Å². The third-order valence-corrected chi connectivity index (χ3v) is 4.29. The molecule has 1 fully saturated rings. The molecular formula is C16H21F2NO2. The van der Waals surface area contributed by atoms with Crippen molar-refractivity contribution in [1.82, 2.24) is 4.90 Å². The molecule has 0 aliphatic carbocycles. The Labute approximate surface area is 123 Å². The van der Waals surface area contributed by atoms with Crippen LogP contribution in [0.5, 0.6) is 0 Å². The van der Waals surface area contributed by atoms with Crippen LogP contribution in [-0.4, -0.2) is 42.5 Å². The second-order valence-corrected chi connectivity index (χ2v) is 5.60. The maximum Gasteiger partial charge on any atom is 0.157 e. The highest BCUT2D eigenvalue weighted by Crippen LogP contribution is 2.24. The summed E-state index contributed by atoms with van der Waals surface area (Å²) < 4.78 is 31.8. The van der Waals surface area contributed by atoms with Crippen LogP contribution in [0.4, 0.5) is 8.78 Å². The number of benzene rings is 1. The van der Waals surface area contributed by atoms with Gasteiger partial charge in [-0.2, -0.15) is 0 Å². The Balaban J connectivity index is 2.15. The quantitative estimate of drug-likeness (QED) is 0.836. The van der Waals surface area contributed by atoms with Gasteiger partial charge in [0.05, 0.1) is 18.8 Å². The molecule has 0 aromatic heterocycles. The van der Waals surface area contributed by atoms with Crippen LogP contribution in [0.3, 0.4) is 0 Å². The number of nitrogens with zero attached hydrogens (tertiary/aromatic N) is 1. The third kappa shape index (κ3) is 3.66. The van der Waals surface area contributed by atoms with Gasteiger partial charge >= 0.3 is 0 Å². The SMILES string of the molecule is CCC(C)(C(=O)Cc1cc(F)cc(F)c1)N1CCOCC1. The second-order valence-electron chi connectivity index (χ2n) is 5.60. The van der Waals surface area contributed by atoms with Gasteiger partial charge in [0.2, 0.25) is 0 Å². The minimum atomic E-state index is -0.651. The first kappa shape index (κ1) is 16.0. The molecule has 1 heterocycles. The van der Waals surface area contributed by atoms with E-state index in [0.717, 1.165) is 6.07 Å². The van der Waals surface area contributed by atoms with Crippen molar-refractivity contribution in [3.05, 3.63) is 35.4 Å². The fourth-order valence-corrected chi connectivity index (χ4v) is 2.74. The van der Waals surface area contributed by atoms with Gasteiger partial charge < -0.3 is 4.74 Å². The monoisotopic (exact) mass is 297 g/mol. The van der Waals surface area contributed by atoms with Crippen molar-refractivity contribution in [2.75, 3.05) is 26.3 Å². The van der Waals surface area contributed by atoms with Crippen LogP contribution in [0.15, 0.2) is 18.2 Å². The number of carbonyl (C=O) groups excluding carboxylic acids is 1.